The topological polar surface area (TPSA) is 45.2 Å². The van der Waals surface area contributed by atoms with E-state index in [0.29, 0.717) is 11.7 Å². The van der Waals surface area contributed by atoms with Gasteiger partial charge in [-0.05, 0) is 37.2 Å². The quantitative estimate of drug-likeness (QED) is 0.663. The number of likely N-dealkylation sites (N-methyl/N-ethyl adjacent to an activating group) is 1. The fraction of sp³-hybridized carbons (Fsp3) is 0.238. The molecule has 0 saturated carbocycles. The average molecular weight is 383 g/mol. The Hall–Kier alpha value is -2.57. The van der Waals surface area contributed by atoms with Crippen molar-refractivity contribution in [2.75, 3.05) is 18.9 Å². The summed E-state index contributed by atoms with van der Waals surface area (Å²) in [4.78, 5) is 19.5. The zero-order valence-electron chi connectivity index (χ0n) is 15.4. The van der Waals surface area contributed by atoms with Gasteiger partial charge in [-0.15, -0.1) is 11.3 Å². The second-order valence-electron chi connectivity index (χ2n) is 6.65. The van der Waals surface area contributed by atoms with Gasteiger partial charge in [-0.3, -0.25) is 9.69 Å². The first-order chi connectivity index (χ1) is 13.0. The Morgan fingerprint density at radius 1 is 1.19 bits per heavy atom. The highest BCUT2D eigenvalue weighted by atomic mass is 32.1. The molecule has 0 atom stereocenters. The lowest BCUT2D eigenvalue weighted by molar-refractivity contribution is -0.117. The summed E-state index contributed by atoms with van der Waals surface area (Å²) in [5, 5.41) is 3.44. The van der Waals surface area contributed by atoms with E-state index >= 15 is 0 Å². The molecular weight excluding hydrogens is 361 g/mol. The van der Waals surface area contributed by atoms with E-state index in [0.717, 1.165) is 16.9 Å². The average Bonchev–Trinajstić information content (AvgIpc) is 3.01. The molecule has 0 aliphatic heterocycles. The summed E-state index contributed by atoms with van der Waals surface area (Å²) >= 11 is 1.48. The molecule has 1 N–H and O–H groups in total. The number of carbonyl (C=O) groups excluding carboxylic acids is 1. The van der Waals surface area contributed by atoms with Gasteiger partial charge in [-0.2, -0.15) is 0 Å². The normalized spacial score (nSPS) is 11.0. The minimum absolute atomic E-state index is 0.134. The molecule has 140 valence electrons. The highest BCUT2D eigenvalue weighted by Crippen LogP contribution is 2.21. The summed E-state index contributed by atoms with van der Waals surface area (Å²) in [7, 11) is 1.83. The van der Waals surface area contributed by atoms with E-state index in [1.807, 2.05) is 24.1 Å². The summed E-state index contributed by atoms with van der Waals surface area (Å²) in [6, 6.07) is 14.8. The fourth-order valence-corrected chi connectivity index (χ4v) is 3.74. The number of halogens is 1. The molecule has 0 aliphatic rings. The minimum Gasteiger partial charge on any atom is -0.301 e. The Balaban J connectivity index is 1.51. The number of anilines is 1. The van der Waals surface area contributed by atoms with Crippen LogP contribution in [0.25, 0.3) is 0 Å². The zero-order chi connectivity index (χ0) is 19.2. The van der Waals surface area contributed by atoms with Crippen LogP contribution in [0, 0.1) is 12.7 Å². The van der Waals surface area contributed by atoms with Gasteiger partial charge in [-0.25, -0.2) is 9.37 Å². The van der Waals surface area contributed by atoms with E-state index in [-0.39, 0.29) is 18.3 Å². The van der Waals surface area contributed by atoms with E-state index in [2.05, 4.69) is 35.4 Å². The molecule has 0 saturated heterocycles. The van der Waals surface area contributed by atoms with Crippen LogP contribution in [0.4, 0.5) is 9.52 Å². The van der Waals surface area contributed by atoms with E-state index in [9.17, 15) is 9.18 Å². The second kappa shape index (κ2) is 8.88. The number of aromatic nitrogens is 1. The highest BCUT2D eigenvalue weighted by Gasteiger charge is 2.11. The van der Waals surface area contributed by atoms with Crippen LogP contribution in [0.15, 0.2) is 54.7 Å². The third-order valence-corrected chi connectivity index (χ3v) is 4.93. The molecule has 4 nitrogen and oxygen atoms in total. The third kappa shape index (κ3) is 5.98. The smallest absolute Gasteiger partial charge is 0.240 e. The number of nitrogens with one attached hydrogen (secondary N) is 1. The number of hydrogen-bond donors (Lipinski definition) is 1. The number of aryl methyl sites for hydroxylation is 1. The summed E-state index contributed by atoms with van der Waals surface area (Å²) in [6.45, 7) is 2.78. The predicted molar refractivity (Wildman–Crippen MR) is 107 cm³/mol. The van der Waals surface area contributed by atoms with Crippen LogP contribution in [-0.2, 0) is 17.8 Å². The molecular formula is C21H22FN3OS. The van der Waals surface area contributed by atoms with Crippen molar-refractivity contribution in [3.8, 4) is 0 Å². The Bertz CT molecular complexity index is 925. The van der Waals surface area contributed by atoms with Gasteiger partial charge in [0.25, 0.3) is 0 Å². The van der Waals surface area contributed by atoms with Gasteiger partial charge in [0, 0.05) is 24.0 Å². The zero-order valence-corrected chi connectivity index (χ0v) is 16.2. The minimum atomic E-state index is -0.269. The molecule has 6 heteroatoms. The van der Waals surface area contributed by atoms with Crippen LogP contribution in [0.5, 0.6) is 0 Å². The van der Waals surface area contributed by atoms with Gasteiger partial charge in [0.15, 0.2) is 5.13 Å². The number of carbonyl (C=O) groups is 1. The molecule has 0 fully saturated rings. The van der Waals surface area contributed by atoms with E-state index < -0.39 is 0 Å². The van der Waals surface area contributed by atoms with Crippen molar-refractivity contribution in [2.24, 2.45) is 0 Å². The monoisotopic (exact) mass is 383 g/mol. The predicted octanol–water partition coefficient (Wildman–Crippen LogP) is 4.25. The van der Waals surface area contributed by atoms with Gasteiger partial charge in [0.05, 0.1) is 6.54 Å². The molecule has 0 spiro atoms. The SMILES string of the molecule is Cc1cccc(Cc2cnc(NC(=O)CN(C)Cc3cccc(F)c3)s2)c1. The van der Waals surface area contributed by atoms with Gasteiger partial charge < -0.3 is 5.32 Å². The number of thiazole rings is 1. The molecule has 27 heavy (non-hydrogen) atoms. The first-order valence-corrected chi connectivity index (χ1v) is 9.52. The molecule has 0 unspecified atom stereocenters. The van der Waals surface area contributed by atoms with Crippen molar-refractivity contribution in [2.45, 2.75) is 19.9 Å². The van der Waals surface area contributed by atoms with Crippen molar-refractivity contribution < 1.29 is 9.18 Å². The molecule has 2 aromatic carbocycles. The van der Waals surface area contributed by atoms with E-state index in [1.165, 1.54) is 34.6 Å². The Labute approximate surface area is 162 Å². The molecule has 0 radical (unpaired) electrons. The molecule has 0 aliphatic carbocycles. The van der Waals surface area contributed by atoms with E-state index in [4.69, 9.17) is 0 Å². The molecule has 1 heterocycles. The maximum Gasteiger partial charge on any atom is 0.240 e. The van der Waals surface area contributed by atoms with Crippen LogP contribution >= 0.6 is 11.3 Å². The van der Waals surface area contributed by atoms with Gasteiger partial charge in [-0.1, -0.05) is 42.0 Å². The lowest BCUT2D eigenvalue weighted by Gasteiger charge is -2.15. The summed E-state index contributed by atoms with van der Waals surface area (Å²) in [5.41, 5.74) is 3.29. The maximum atomic E-state index is 13.2. The largest absolute Gasteiger partial charge is 0.301 e. The summed E-state index contributed by atoms with van der Waals surface area (Å²) in [5.74, 6) is -0.403. The fourth-order valence-electron chi connectivity index (χ4n) is 2.88. The first-order valence-electron chi connectivity index (χ1n) is 8.71. The lowest BCUT2D eigenvalue weighted by Crippen LogP contribution is -2.29. The number of rotatable bonds is 7. The number of nitrogens with zero attached hydrogens (tertiary/aromatic N) is 2. The van der Waals surface area contributed by atoms with Gasteiger partial charge in [0.1, 0.15) is 5.82 Å². The highest BCUT2D eigenvalue weighted by molar-refractivity contribution is 7.15. The number of benzene rings is 2. The van der Waals surface area contributed by atoms with Crippen molar-refractivity contribution in [1.82, 2.24) is 9.88 Å². The van der Waals surface area contributed by atoms with Crippen molar-refractivity contribution in [3.05, 3.63) is 82.1 Å². The lowest BCUT2D eigenvalue weighted by atomic mass is 10.1. The number of hydrogen-bond acceptors (Lipinski definition) is 4. The number of amides is 1. The molecule has 0 bridgehead atoms. The molecule has 1 amide bonds. The Morgan fingerprint density at radius 2 is 1.96 bits per heavy atom. The molecule has 3 aromatic rings. The first kappa shape index (κ1) is 19.2. The standard InChI is InChI=1S/C21H22FN3OS/c1-15-5-3-6-16(9-15)11-19-12-23-21(27-19)24-20(26)14-25(2)13-17-7-4-8-18(22)10-17/h3-10,12H,11,13-14H2,1-2H3,(H,23,24,26). The summed E-state index contributed by atoms with van der Waals surface area (Å²) in [6.07, 6.45) is 2.60. The van der Waals surface area contributed by atoms with Gasteiger partial charge >= 0.3 is 0 Å². The maximum absolute atomic E-state index is 13.2. The Kier molecular flexibility index (Phi) is 6.32. The third-order valence-electron chi connectivity index (χ3n) is 4.02. The van der Waals surface area contributed by atoms with Crippen LogP contribution in [-0.4, -0.2) is 29.4 Å². The van der Waals surface area contributed by atoms with Crippen LogP contribution in [0.3, 0.4) is 0 Å². The van der Waals surface area contributed by atoms with E-state index in [1.54, 1.807) is 12.3 Å². The second-order valence-corrected chi connectivity index (χ2v) is 7.76. The van der Waals surface area contributed by atoms with Crippen LogP contribution < -0.4 is 5.32 Å². The van der Waals surface area contributed by atoms with Gasteiger partial charge in [0.2, 0.25) is 5.91 Å². The van der Waals surface area contributed by atoms with Crippen LogP contribution in [0.2, 0.25) is 0 Å². The molecule has 3 rings (SSSR count). The van der Waals surface area contributed by atoms with Crippen LogP contribution in [0.1, 0.15) is 21.6 Å². The van der Waals surface area contributed by atoms with Crippen molar-refractivity contribution in [3.63, 3.8) is 0 Å². The molecule has 1 aromatic heterocycles. The van der Waals surface area contributed by atoms with Crippen molar-refractivity contribution in [1.29, 1.82) is 0 Å². The Morgan fingerprint density at radius 3 is 2.74 bits per heavy atom. The summed E-state index contributed by atoms with van der Waals surface area (Å²) < 4.78 is 13.2. The van der Waals surface area contributed by atoms with Crippen molar-refractivity contribution >= 4 is 22.4 Å².